The Morgan fingerprint density at radius 2 is 2.08 bits per heavy atom. The van der Waals surface area contributed by atoms with Gasteiger partial charge in [0, 0.05) is 6.42 Å². The zero-order chi connectivity index (χ0) is 9.94. The van der Waals surface area contributed by atoms with Crippen molar-refractivity contribution in [2.45, 2.75) is 46.0 Å². The summed E-state index contributed by atoms with van der Waals surface area (Å²) in [4.78, 5) is 10.5. The Kier molecular flexibility index (Phi) is 8.34. The topological polar surface area (TPSA) is 17.1 Å². The summed E-state index contributed by atoms with van der Waals surface area (Å²) in [6.07, 6.45) is 9.07. The highest BCUT2D eigenvalue weighted by molar-refractivity contribution is 5.87. The third-order valence-corrected chi connectivity index (χ3v) is 1.66. The highest BCUT2D eigenvalue weighted by Gasteiger charge is 1.83. The van der Waals surface area contributed by atoms with E-state index in [1.165, 1.54) is 38.7 Å². The predicted octanol–water partition coefficient (Wildman–Crippen LogP) is 3.11. The molecular weight excluding hydrogens is 160 g/mol. The van der Waals surface area contributed by atoms with Crippen molar-refractivity contribution in [3.05, 3.63) is 12.2 Å². The van der Waals surface area contributed by atoms with E-state index in [1.807, 2.05) is 0 Å². The number of ketones is 1. The molecule has 0 heterocycles. The molecule has 0 aliphatic carbocycles. The molecule has 1 nitrogen and oxygen atoms in total. The maximum atomic E-state index is 10.5. The lowest BCUT2D eigenvalue weighted by atomic mass is 10.2. The van der Waals surface area contributed by atoms with Crippen LogP contribution in [0.2, 0.25) is 0 Å². The first-order valence-electron chi connectivity index (χ1n) is 4.93. The second-order valence-corrected chi connectivity index (χ2v) is 3.08. The maximum absolute atomic E-state index is 10.5. The normalized spacial score (nSPS) is 9.69. The SMILES string of the molecule is CCCCCCC#C/C=C\C(C)=O. The molecule has 0 aromatic carbocycles. The van der Waals surface area contributed by atoms with Gasteiger partial charge in [0.15, 0.2) is 5.78 Å². The van der Waals surface area contributed by atoms with Crippen LogP contribution in [-0.2, 0) is 4.79 Å². The van der Waals surface area contributed by atoms with E-state index in [-0.39, 0.29) is 5.78 Å². The van der Waals surface area contributed by atoms with Gasteiger partial charge < -0.3 is 0 Å². The zero-order valence-corrected chi connectivity index (χ0v) is 8.60. The average molecular weight is 178 g/mol. The van der Waals surface area contributed by atoms with Crippen LogP contribution in [0.15, 0.2) is 12.2 Å². The van der Waals surface area contributed by atoms with Crippen LogP contribution in [0.3, 0.4) is 0 Å². The van der Waals surface area contributed by atoms with E-state index in [2.05, 4.69) is 18.8 Å². The minimum atomic E-state index is 0.0558. The van der Waals surface area contributed by atoms with Gasteiger partial charge in [-0.1, -0.05) is 38.0 Å². The first-order valence-corrected chi connectivity index (χ1v) is 4.93. The molecule has 0 amide bonds. The van der Waals surface area contributed by atoms with E-state index in [4.69, 9.17) is 0 Å². The second-order valence-electron chi connectivity index (χ2n) is 3.08. The molecule has 0 atom stereocenters. The molecule has 0 aliphatic heterocycles. The summed E-state index contributed by atoms with van der Waals surface area (Å²) in [5.41, 5.74) is 0. The Bertz CT molecular complexity index is 215. The lowest BCUT2D eigenvalue weighted by molar-refractivity contribution is -0.112. The molecule has 0 aromatic heterocycles. The van der Waals surface area contributed by atoms with E-state index in [0.29, 0.717) is 0 Å². The highest BCUT2D eigenvalue weighted by Crippen LogP contribution is 2.00. The molecule has 0 radical (unpaired) electrons. The van der Waals surface area contributed by atoms with E-state index < -0.39 is 0 Å². The molecule has 0 saturated carbocycles. The van der Waals surface area contributed by atoms with E-state index >= 15 is 0 Å². The van der Waals surface area contributed by atoms with Gasteiger partial charge >= 0.3 is 0 Å². The molecule has 0 bridgehead atoms. The van der Waals surface area contributed by atoms with Crippen molar-refractivity contribution in [2.75, 3.05) is 0 Å². The van der Waals surface area contributed by atoms with Crippen LogP contribution in [0.4, 0.5) is 0 Å². The van der Waals surface area contributed by atoms with Gasteiger partial charge in [-0.15, -0.1) is 0 Å². The van der Waals surface area contributed by atoms with Crippen LogP contribution < -0.4 is 0 Å². The molecule has 0 aromatic rings. The number of unbranched alkanes of at least 4 members (excludes halogenated alkanes) is 4. The lowest BCUT2D eigenvalue weighted by Gasteiger charge is -1.91. The van der Waals surface area contributed by atoms with Crippen LogP contribution in [-0.4, -0.2) is 5.78 Å². The molecular formula is C12H18O. The molecule has 0 aliphatic rings. The Morgan fingerprint density at radius 1 is 1.31 bits per heavy atom. The largest absolute Gasteiger partial charge is 0.295 e. The fraction of sp³-hybridized carbons (Fsp3) is 0.583. The smallest absolute Gasteiger partial charge is 0.153 e. The quantitative estimate of drug-likeness (QED) is 0.359. The van der Waals surface area contributed by atoms with Crippen molar-refractivity contribution in [3.63, 3.8) is 0 Å². The van der Waals surface area contributed by atoms with Gasteiger partial charge in [-0.25, -0.2) is 0 Å². The van der Waals surface area contributed by atoms with Crippen LogP contribution in [0.5, 0.6) is 0 Å². The van der Waals surface area contributed by atoms with Gasteiger partial charge in [0.2, 0.25) is 0 Å². The van der Waals surface area contributed by atoms with E-state index in [1.54, 1.807) is 6.08 Å². The number of carbonyl (C=O) groups excluding carboxylic acids is 1. The molecule has 13 heavy (non-hydrogen) atoms. The van der Waals surface area contributed by atoms with E-state index in [0.717, 1.165) is 6.42 Å². The Morgan fingerprint density at radius 3 is 2.69 bits per heavy atom. The number of hydrogen-bond acceptors (Lipinski definition) is 1. The number of rotatable bonds is 5. The first kappa shape index (κ1) is 12.0. The first-order chi connectivity index (χ1) is 6.27. The third-order valence-electron chi connectivity index (χ3n) is 1.66. The summed E-state index contributed by atoms with van der Waals surface area (Å²) in [5.74, 6) is 5.91. The third kappa shape index (κ3) is 11.0. The van der Waals surface area contributed by atoms with Gasteiger partial charge in [0.05, 0.1) is 0 Å². The van der Waals surface area contributed by atoms with Crippen molar-refractivity contribution in [1.82, 2.24) is 0 Å². The van der Waals surface area contributed by atoms with Gasteiger partial charge in [-0.2, -0.15) is 0 Å². The van der Waals surface area contributed by atoms with Gasteiger partial charge in [-0.3, -0.25) is 4.79 Å². The van der Waals surface area contributed by atoms with Crippen molar-refractivity contribution < 1.29 is 4.79 Å². The minimum Gasteiger partial charge on any atom is -0.295 e. The Hall–Kier alpha value is -1.03. The summed E-state index contributed by atoms with van der Waals surface area (Å²) in [6, 6.07) is 0. The predicted molar refractivity (Wildman–Crippen MR) is 56.4 cm³/mol. The molecule has 0 spiro atoms. The standard InChI is InChI=1S/C12H18O/c1-3-4-5-6-7-8-9-10-11-12(2)13/h10-11H,3-7H2,1-2H3/b11-10-. The zero-order valence-electron chi connectivity index (χ0n) is 8.60. The van der Waals surface area contributed by atoms with Crippen molar-refractivity contribution in [2.24, 2.45) is 0 Å². The molecule has 0 rings (SSSR count). The second kappa shape index (κ2) is 9.06. The summed E-state index contributed by atoms with van der Waals surface area (Å²) >= 11 is 0. The van der Waals surface area contributed by atoms with Gasteiger partial charge in [0.25, 0.3) is 0 Å². The van der Waals surface area contributed by atoms with Gasteiger partial charge in [-0.05, 0) is 25.5 Å². The summed E-state index contributed by atoms with van der Waals surface area (Å²) in [5, 5.41) is 0. The maximum Gasteiger partial charge on any atom is 0.153 e. The minimum absolute atomic E-state index is 0.0558. The lowest BCUT2D eigenvalue weighted by Crippen LogP contribution is -1.77. The number of allylic oxidation sites excluding steroid dienone is 2. The molecule has 0 saturated heterocycles. The average Bonchev–Trinajstić information content (AvgIpc) is 2.09. The van der Waals surface area contributed by atoms with Crippen molar-refractivity contribution in [1.29, 1.82) is 0 Å². The van der Waals surface area contributed by atoms with Gasteiger partial charge in [0.1, 0.15) is 0 Å². The number of hydrogen-bond donors (Lipinski definition) is 0. The van der Waals surface area contributed by atoms with Crippen LogP contribution in [0.25, 0.3) is 0 Å². The Labute approximate surface area is 81.2 Å². The van der Waals surface area contributed by atoms with Crippen LogP contribution >= 0.6 is 0 Å². The number of carbonyl (C=O) groups is 1. The molecule has 0 unspecified atom stereocenters. The fourth-order valence-corrected chi connectivity index (χ4v) is 0.930. The van der Waals surface area contributed by atoms with Crippen molar-refractivity contribution in [3.8, 4) is 11.8 Å². The van der Waals surface area contributed by atoms with E-state index in [9.17, 15) is 4.79 Å². The Balaban J connectivity index is 3.35. The molecule has 0 fully saturated rings. The fourth-order valence-electron chi connectivity index (χ4n) is 0.930. The van der Waals surface area contributed by atoms with Crippen LogP contribution in [0.1, 0.15) is 46.0 Å². The summed E-state index contributed by atoms with van der Waals surface area (Å²) in [6.45, 7) is 3.72. The summed E-state index contributed by atoms with van der Waals surface area (Å²) in [7, 11) is 0. The molecule has 1 heteroatoms. The molecule has 72 valence electrons. The molecule has 0 N–H and O–H groups in total. The van der Waals surface area contributed by atoms with Crippen LogP contribution in [0, 0.1) is 11.8 Å². The highest BCUT2D eigenvalue weighted by atomic mass is 16.1. The monoisotopic (exact) mass is 178 g/mol. The van der Waals surface area contributed by atoms with Crippen molar-refractivity contribution >= 4 is 5.78 Å². The summed E-state index contributed by atoms with van der Waals surface area (Å²) < 4.78 is 0.